The Labute approximate surface area is 187 Å². The lowest BCUT2D eigenvalue weighted by Crippen LogP contribution is -2.21. The van der Waals surface area contributed by atoms with Crippen LogP contribution in [0.4, 0.5) is 11.4 Å². The lowest BCUT2D eigenvalue weighted by molar-refractivity contribution is -0.118. The molecule has 0 heterocycles. The van der Waals surface area contributed by atoms with Gasteiger partial charge in [-0.1, -0.05) is 29.8 Å². The number of hydrogen-bond donors (Lipinski definition) is 2. The lowest BCUT2D eigenvalue weighted by Gasteiger charge is -2.13. The molecule has 0 aliphatic heterocycles. The normalized spacial score (nSPS) is 11.1. The van der Waals surface area contributed by atoms with Crippen molar-refractivity contribution in [1.29, 1.82) is 0 Å². The van der Waals surface area contributed by atoms with E-state index in [0.717, 1.165) is 16.1 Å². The van der Waals surface area contributed by atoms with E-state index in [1.165, 1.54) is 12.1 Å². The van der Waals surface area contributed by atoms with Gasteiger partial charge in [0.2, 0.25) is 0 Å². The summed E-state index contributed by atoms with van der Waals surface area (Å²) >= 11 is 1.54. The van der Waals surface area contributed by atoms with Crippen LogP contribution in [0.15, 0.2) is 76.5 Å². The zero-order valence-electron chi connectivity index (χ0n) is 17.5. The highest BCUT2D eigenvalue weighted by atomic mass is 32.2. The van der Waals surface area contributed by atoms with E-state index >= 15 is 0 Å². The van der Waals surface area contributed by atoms with E-state index < -0.39 is 10.0 Å². The molecule has 31 heavy (non-hydrogen) atoms. The molecule has 0 saturated heterocycles. The summed E-state index contributed by atoms with van der Waals surface area (Å²) in [4.78, 5) is 13.3. The molecule has 6 nitrogen and oxygen atoms in total. The minimum atomic E-state index is -3.73. The number of sulfonamides is 1. The third kappa shape index (κ3) is 6.02. The number of benzene rings is 3. The summed E-state index contributed by atoms with van der Waals surface area (Å²) < 4.78 is 33.5. The van der Waals surface area contributed by atoms with Gasteiger partial charge >= 0.3 is 0 Å². The van der Waals surface area contributed by atoms with Crippen molar-refractivity contribution in [3.63, 3.8) is 0 Å². The molecule has 3 aromatic rings. The number of aryl methyl sites for hydroxylation is 2. The van der Waals surface area contributed by atoms with Crippen LogP contribution in [-0.2, 0) is 14.8 Å². The second kappa shape index (κ2) is 9.89. The summed E-state index contributed by atoms with van der Waals surface area (Å²) in [5, 5.41) is 2.83. The van der Waals surface area contributed by atoms with Gasteiger partial charge in [0, 0.05) is 10.6 Å². The maximum Gasteiger partial charge on any atom is 0.262 e. The molecule has 3 aromatic carbocycles. The Bertz CT molecular complexity index is 1180. The predicted molar refractivity (Wildman–Crippen MR) is 126 cm³/mol. The van der Waals surface area contributed by atoms with Crippen LogP contribution in [0.2, 0.25) is 0 Å². The van der Waals surface area contributed by atoms with Crippen LogP contribution in [0.3, 0.4) is 0 Å². The highest BCUT2D eigenvalue weighted by molar-refractivity contribution is 7.98. The minimum Gasteiger partial charge on any atom is -0.483 e. The summed E-state index contributed by atoms with van der Waals surface area (Å²) in [5.74, 6) is 0.154. The van der Waals surface area contributed by atoms with E-state index in [0.29, 0.717) is 17.0 Å². The van der Waals surface area contributed by atoms with Crippen LogP contribution in [-0.4, -0.2) is 27.2 Å². The first-order valence-electron chi connectivity index (χ1n) is 9.54. The third-order valence-corrected chi connectivity index (χ3v) is 6.68. The lowest BCUT2D eigenvalue weighted by atomic mass is 10.2. The standard InChI is InChI=1S/C23H24N2O4S2/c1-16-8-10-18(11-9-16)25-31(27,28)19-12-13-21(17(2)14-19)29-15-23(26)24-20-6-4-5-7-22(20)30-3/h4-14,25H,15H2,1-3H3,(H,24,26). The molecule has 0 aliphatic carbocycles. The molecule has 0 radical (unpaired) electrons. The van der Waals surface area contributed by atoms with Gasteiger partial charge in [-0.15, -0.1) is 11.8 Å². The number of rotatable bonds is 8. The van der Waals surface area contributed by atoms with Crippen molar-refractivity contribution >= 4 is 39.1 Å². The van der Waals surface area contributed by atoms with Crippen LogP contribution in [0.25, 0.3) is 0 Å². The largest absolute Gasteiger partial charge is 0.483 e. The quantitative estimate of drug-likeness (QED) is 0.474. The zero-order chi connectivity index (χ0) is 22.4. The number of amides is 1. The monoisotopic (exact) mass is 456 g/mol. The van der Waals surface area contributed by atoms with E-state index in [-0.39, 0.29) is 17.4 Å². The van der Waals surface area contributed by atoms with Crippen LogP contribution in [0.5, 0.6) is 5.75 Å². The topological polar surface area (TPSA) is 84.5 Å². The Hall–Kier alpha value is -2.97. The summed E-state index contributed by atoms with van der Waals surface area (Å²) in [6.07, 6.45) is 1.94. The van der Waals surface area contributed by atoms with Crippen LogP contribution >= 0.6 is 11.8 Å². The molecule has 3 rings (SSSR count). The van der Waals surface area contributed by atoms with Crippen molar-refractivity contribution in [2.45, 2.75) is 23.6 Å². The fraction of sp³-hybridized carbons (Fsp3) is 0.174. The highest BCUT2D eigenvalue weighted by Crippen LogP contribution is 2.26. The summed E-state index contributed by atoms with van der Waals surface area (Å²) in [6, 6.07) is 19.1. The minimum absolute atomic E-state index is 0.122. The Balaban J connectivity index is 1.65. The van der Waals surface area contributed by atoms with Gasteiger partial charge < -0.3 is 10.1 Å². The van der Waals surface area contributed by atoms with E-state index in [1.807, 2.05) is 49.6 Å². The molecular weight excluding hydrogens is 432 g/mol. The van der Waals surface area contributed by atoms with E-state index in [9.17, 15) is 13.2 Å². The summed E-state index contributed by atoms with van der Waals surface area (Å²) in [5.41, 5.74) is 2.88. The number of anilines is 2. The highest BCUT2D eigenvalue weighted by Gasteiger charge is 2.16. The van der Waals surface area contributed by atoms with Gasteiger partial charge in [-0.3, -0.25) is 9.52 Å². The third-order valence-electron chi connectivity index (χ3n) is 4.50. The Kier molecular flexibility index (Phi) is 7.25. The number of carbonyl (C=O) groups excluding carboxylic acids is 1. The average Bonchev–Trinajstić information content (AvgIpc) is 2.74. The molecule has 0 saturated carbocycles. The van der Waals surface area contributed by atoms with Crippen molar-refractivity contribution in [2.24, 2.45) is 0 Å². The van der Waals surface area contributed by atoms with Gasteiger partial charge in [0.05, 0.1) is 10.6 Å². The first kappa shape index (κ1) is 22.7. The maximum atomic E-state index is 12.7. The Morgan fingerprint density at radius 3 is 2.39 bits per heavy atom. The van der Waals surface area contributed by atoms with Crippen molar-refractivity contribution in [1.82, 2.24) is 0 Å². The number of para-hydroxylation sites is 1. The first-order chi connectivity index (χ1) is 14.8. The number of hydrogen-bond acceptors (Lipinski definition) is 5. The predicted octanol–water partition coefficient (Wildman–Crippen LogP) is 4.84. The van der Waals surface area contributed by atoms with Crippen molar-refractivity contribution in [3.8, 4) is 5.75 Å². The van der Waals surface area contributed by atoms with Crippen molar-refractivity contribution < 1.29 is 17.9 Å². The molecule has 0 fully saturated rings. The van der Waals surface area contributed by atoms with Crippen molar-refractivity contribution in [3.05, 3.63) is 77.9 Å². The number of ether oxygens (including phenoxy) is 1. The van der Waals surface area contributed by atoms with Crippen molar-refractivity contribution in [2.75, 3.05) is 22.9 Å². The molecule has 0 spiro atoms. The second-order valence-electron chi connectivity index (χ2n) is 6.94. The van der Waals surface area contributed by atoms with Crippen LogP contribution in [0.1, 0.15) is 11.1 Å². The molecule has 8 heteroatoms. The first-order valence-corrected chi connectivity index (χ1v) is 12.2. The fourth-order valence-electron chi connectivity index (χ4n) is 2.86. The maximum absolute atomic E-state index is 12.7. The molecular formula is C23H24N2O4S2. The smallest absolute Gasteiger partial charge is 0.262 e. The summed E-state index contributed by atoms with van der Waals surface area (Å²) in [6.45, 7) is 3.49. The van der Waals surface area contributed by atoms with Gasteiger partial charge in [0.15, 0.2) is 6.61 Å². The molecule has 0 bridgehead atoms. The molecule has 0 atom stereocenters. The number of carbonyl (C=O) groups is 1. The van der Waals surface area contributed by atoms with Gasteiger partial charge in [0.25, 0.3) is 15.9 Å². The Morgan fingerprint density at radius 1 is 1.00 bits per heavy atom. The van der Waals surface area contributed by atoms with Crippen LogP contribution in [0, 0.1) is 13.8 Å². The van der Waals surface area contributed by atoms with Gasteiger partial charge in [-0.25, -0.2) is 8.42 Å². The van der Waals surface area contributed by atoms with Gasteiger partial charge in [0.1, 0.15) is 5.75 Å². The molecule has 1 amide bonds. The molecule has 0 aromatic heterocycles. The zero-order valence-corrected chi connectivity index (χ0v) is 19.1. The molecule has 162 valence electrons. The van der Waals surface area contributed by atoms with E-state index in [2.05, 4.69) is 10.0 Å². The number of thioether (sulfide) groups is 1. The molecule has 0 unspecified atom stereocenters. The van der Waals surface area contributed by atoms with Crippen LogP contribution < -0.4 is 14.8 Å². The number of nitrogens with one attached hydrogen (secondary N) is 2. The van der Waals surface area contributed by atoms with E-state index in [1.54, 1.807) is 36.9 Å². The summed E-state index contributed by atoms with van der Waals surface area (Å²) in [7, 11) is -3.73. The van der Waals surface area contributed by atoms with Gasteiger partial charge in [-0.2, -0.15) is 0 Å². The second-order valence-corrected chi connectivity index (χ2v) is 9.47. The average molecular weight is 457 g/mol. The SMILES string of the molecule is CSc1ccccc1NC(=O)COc1ccc(S(=O)(=O)Nc2ccc(C)cc2)cc1C. The Morgan fingerprint density at radius 2 is 1.71 bits per heavy atom. The molecule has 2 N–H and O–H groups in total. The van der Waals surface area contributed by atoms with E-state index in [4.69, 9.17) is 4.74 Å². The van der Waals surface area contributed by atoms with Gasteiger partial charge in [-0.05, 0) is 68.1 Å². The fourth-order valence-corrected chi connectivity index (χ4v) is 4.56. The molecule has 0 aliphatic rings.